The first-order valence-electron chi connectivity index (χ1n) is 13.5. The quantitative estimate of drug-likeness (QED) is 0.0695. The summed E-state index contributed by atoms with van der Waals surface area (Å²) in [5.41, 5.74) is -16.2. The Morgan fingerprint density at radius 3 is 1.04 bits per heavy atom. The third-order valence-electron chi connectivity index (χ3n) is 7.19. The molecule has 4 aromatic carbocycles. The van der Waals surface area contributed by atoms with Gasteiger partial charge in [-0.1, -0.05) is 24.3 Å². The molecule has 0 aliphatic rings. The van der Waals surface area contributed by atoms with Crippen molar-refractivity contribution in [2.24, 2.45) is 9.98 Å². The molecule has 280 valence electrons. The molecule has 0 aliphatic heterocycles. The van der Waals surface area contributed by atoms with Crippen molar-refractivity contribution in [3.63, 3.8) is 0 Å². The van der Waals surface area contributed by atoms with Crippen molar-refractivity contribution in [3.8, 4) is 23.0 Å². The van der Waals surface area contributed by atoms with E-state index in [-0.39, 0.29) is 48.5 Å². The van der Waals surface area contributed by atoms with Crippen LogP contribution in [0.2, 0.25) is 0 Å². The van der Waals surface area contributed by atoms with E-state index in [1.807, 2.05) is 0 Å². The summed E-state index contributed by atoms with van der Waals surface area (Å²) in [6.45, 7) is 0. The van der Waals surface area contributed by atoms with E-state index in [4.69, 9.17) is 0 Å². The average molecular weight is 778 g/mol. The molecule has 0 atom stereocenters. The van der Waals surface area contributed by atoms with Crippen molar-refractivity contribution in [3.05, 3.63) is 106 Å². The number of alkyl halides is 10. The molecule has 0 aliphatic carbocycles. The standard InChI is InChI=1S/C31H10F16N2O4/c32-17-15(27(38)39)25(21(36)19(34)23(17)48-9-50)52-13-5-1-11(2-6-13)29(30(42,43)44,31(45,46)47)12-3-7-14(8-4-12)53-26-16(28(40)41)18(33)24(49-10-51)20(35)22(26)37/h1-8,27-28H. The molecule has 0 fully saturated rings. The number of ether oxygens (including phenoxy) is 2. The van der Waals surface area contributed by atoms with Gasteiger partial charge in [0.05, 0.1) is 0 Å². The van der Waals surface area contributed by atoms with Crippen molar-refractivity contribution in [2.75, 3.05) is 0 Å². The Balaban J connectivity index is 1.83. The zero-order valence-electron chi connectivity index (χ0n) is 24.8. The minimum absolute atomic E-state index is 0.0532. The number of benzene rings is 4. The minimum Gasteiger partial charge on any atom is -0.454 e. The Morgan fingerprint density at radius 2 is 0.792 bits per heavy atom. The minimum atomic E-state index is -6.33. The Hall–Kier alpha value is -5.88. The van der Waals surface area contributed by atoms with Gasteiger partial charge in [0.1, 0.15) is 22.6 Å². The molecule has 0 bridgehead atoms. The fourth-order valence-electron chi connectivity index (χ4n) is 4.93. The highest BCUT2D eigenvalue weighted by Crippen LogP contribution is 2.57. The van der Waals surface area contributed by atoms with Crippen LogP contribution in [0.4, 0.5) is 81.6 Å². The van der Waals surface area contributed by atoms with Crippen molar-refractivity contribution in [2.45, 2.75) is 30.6 Å². The molecule has 0 saturated heterocycles. The first-order chi connectivity index (χ1) is 24.6. The third-order valence-corrected chi connectivity index (χ3v) is 7.19. The molecule has 53 heavy (non-hydrogen) atoms. The van der Waals surface area contributed by atoms with Crippen LogP contribution >= 0.6 is 0 Å². The summed E-state index contributed by atoms with van der Waals surface area (Å²) in [5.74, 6) is -20.1. The lowest BCUT2D eigenvalue weighted by atomic mass is 9.73. The van der Waals surface area contributed by atoms with E-state index in [9.17, 15) is 79.8 Å². The molecule has 6 nitrogen and oxygen atoms in total. The van der Waals surface area contributed by atoms with Crippen molar-refractivity contribution in [1.29, 1.82) is 0 Å². The van der Waals surface area contributed by atoms with Gasteiger partial charge in [0.2, 0.25) is 29.2 Å². The van der Waals surface area contributed by atoms with Crippen LogP contribution in [0.3, 0.4) is 0 Å². The number of rotatable bonds is 10. The van der Waals surface area contributed by atoms with Gasteiger partial charge in [0.25, 0.3) is 12.9 Å². The Bertz CT molecular complexity index is 1990. The number of hydrogen-bond donors (Lipinski definition) is 0. The van der Waals surface area contributed by atoms with Gasteiger partial charge in [0.15, 0.2) is 46.1 Å². The van der Waals surface area contributed by atoms with E-state index in [0.717, 1.165) is 0 Å². The lowest BCUT2D eigenvalue weighted by Gasteiger charge is -2.38. The number of isocyanates is 2. The molecule has 0 amide bonds. The van der Waals surface area contributed by atoms with Crippen LogP contribution in [-0.2, 0) is 15.0 Å². The van der Waals surface area contributed by atoms with Gasteiger partial charge in [-0.3, -0.25) is 0 Å². The van der Waals surface area contributed by atoms with Gasteiger partial charge in [0, 0.05) is 0 Å². The summed E-state index contributed by atoms with van der Waals surface area (Å²) in [6, 6.07) is 1.15. The predicted molar refractivity (Wildman–Crippen MR) is 144 cm³/mol. The maximum Gasteiger partial charge on any atom is 0.411 e. The topological polar surface area (TPSA) is 77.3 Å². The summed E-state index contributed by atoms with van der Waals surface area (Å²) in [6.07, 6.45) is -19.5. The Kier molecular flexibility index (Phi) is 11.0. The predicted octanol–water partition coefficient (Wildman–Crippen LogP) is 11.3. The summed E-state index contributed by atoms with van der Waals surface area (Å²) in [4.78, 5) is 25.6. The Labute approximate surface area is 282 Å². The molecule has 4 aromatic rings. The number of hydrogen-bond acceptors (Lipinski definition) is 6. The zero-order valence-corrected chi connectivity index (χ0v) is 24.8. The van der Waals surface area contributed by atoms with Crippen LogP contribution in [-0.4, -0.2) is 24.5 Å². The van der Waals surface area contributed by atoms with Gasteiger partial charge in [-0.05, 0) is 35.4 Å². The first kappa shape index (κ1) is 39.9. The monoisotopic (exact) mass is 778 g/mol. The molecule has 0 aromatic heterocycles. The lowest BCUT2D eigenvalue weighted by Crippen LogP contribution is -2.54. The molecule has 0 heterocycles. The third kappa shape index (κ3) is 6.89. The molecular weight excluding hydrogens is 768 g/mol. The van der Waals surface area contributed by atoms with Crippen LogP contribution in [0.5, 0.6) is 23.0 Å². The first-order valence-corrected chi connectivity index (χ1v) is 13.5. The number of nitrogens with zero attached hydrogens (tertiary/aromatic N) is 2. The van der Waals surface area contributed by atoms with Crippen molar-refractivity contribution >= 4 is 23.5 Å². The number of halogens is 16. The van der Waals surface area contributed by atoms with Gasteiger partial charge < -0.3 is 9.47 Å². The fraction of sp³-hybridized carbons (Fsp3) is 0.161. The maximum atomic E-state index is 14.6. The molecule has 0 unspecified atom stereocenters. The highest BCUT2D eigenvalue weighted by Gasteiger charge is 2.72. The molecular formula is C31H10F16N2O4. The zero-order chi connectivity index (χ0) is 39.8. The number of aliphatic imine (C=N–C) groups is 2. The molecule has 22 heteroatoms. The van der Waals surface area contributed by atoms with Crippen LogP contribution in [0.1, 0.15) is 35.1 Å². The van der Waals surface area contributed by atoms with Crippen LogP contribution in [0.25, 0.3) is 0 Å². The fourth-order valence-corrected chi connectivity index (χ4v) is 4.93. The van der Waals surface area contributed by atoms with Crippen molar-refractivity contribution in [1.82, 2.24) is 0 Å². The van der Waals surface area contributed by atoms with E-state index in [2.05, 4.69) is 19.5 Å². The second-order valence-electron chi connectivity index (χ2n) is 10.1. The highest BCUT2D eigenvalue weighted by atomic mass is 19.4. The molecule has 4 rings (SSSR count). The molecule has 0 spiro atoms. The second-order valence-corrected chi connectivity index (χ2v) is 10.1. The molecule has 0 N–H and O–H groups in total. The largest absolute Gasteiger partial charge is 0.454 e. The van der Waals surface area contributed by atoms with E-state index < -0.39 is 122 Å². The molecule has 0 radical (unpaired) electrons. The van der Waals surface area contributed by atoms with Gasteiger partial charge in [-0.25, -0.2) is 44.7 Å². The Morgan fingerprint density at radius 1 is 0.491 bits per heavy atom. The average Bonchev–Trinajstić information content (AvgIpc) is 3.06. The maximum absolute atomic E-state index is 14.6. The van der Waals surface area contributed by atoms with Gasteiger partial charge in [-0.15, -0.1) is 0 Å². The second kappa shape index (κ2) is 14.6. The molecule has 0 saturated carbocycles. The van der Waals surface area contributed by atoms with E-state index in [1.54, 1.807) is 0 Å². The van der Waals surface area contributed by atoms with Gasteiger partial charge >= 0.3 is 12.4 Å². The lowest BCUT2D eigenvalue weighted by molar-refractivity contribution is -0.288. The van der Waals surface area contributed by atoms with Crippen LogP contribution < -0.4 is 9.47 Å². The van der Waals surface area contributed by atoms with E-state index in [1.165, 1.54) is 0 Å². The van der Waals surface area contributed by atoms with Crippen molar-refractivity contribution < 1.29 is 89.3 Å². The highest BCUT2D eigenvalue weighted by molar-refractivity contribution is 5.59. The summed E-state index contributed by atoms with van der Waals surface area (Å²) < 4.78 is 238. The van der Waals surface area contributed by atoms with Crippen LogP contribution in [0, 0.1) is 34.9 Å². The summed E-state index contributed by atoms with van der Waals surface area (Å²) >= 11 is 0. The van der Waals surface area contributed by atoms with E-state index in [0.29, 0.717) is 12.2 Å². The van der Waals surface area contributed by atoms with Crippen LogP contribution in [0.15, 0.2) is 58.5 Å². The number of carbonyl (C=O) groups excluding carboxylic acids is 2. The summed E-state index contributed by atoms with van der Waals surface area (Å²) in [5, 5.41) is 0. The van der Waals surface area contributed by atoms with Gasteiger partial charge in [-0.2, -0.15) is 45.1 Å². The SMILES string of the molecule is O=C=Nc1c(F)c(F)c(Oc2ccc(C(c3ccc(Oc4c(F)c(F)c(N=C=O)c(F)c4C(F)F)cc3)(C(F)(F)F)C(F)(F)F)cc2)c(C(F)F)c1F. The summed E-state index contributed by atoms with van der Waals surface area (Å²) in [7, 11) is 0. The van der Waals surface area contributed by atoms with E-state index >= 15 is 0 Å². The smallest absolute Gasteiger partial charge is 0.411 e. The normalized spacial score (nSPS) is 12.1.